The van der Waals surface area contributed by atoms with Gasteiger partial charge in [-0.05, 0) is 61.6 Å². The van der Waals surface area contributed by atoms with Crippen molar-refractivity contribution in [1.29, 1.82) is 0 Å². The van der Waals surface area contributed by atoms with Crippen molar-refractivity contribution in [3.63, 3.8) is 0 Å². The highest BCUT2D eigenvalue weighted by molar-refractivity contribution is 5.75. The lowest BCUT2D eigenvalue weighted by atomic mass is 10.1. The number of imidazole rings is 1. The van der Waals surface area contributed by atoms with Crippen LogP contribution in [-0.4, -0.2) is 9.55 Å². The fraction of sp³-hybridized carbons (Fsp3) is 0.240. The third-order valence-electron chi connectivity index (χ3n) is 5.12. The van der Waals surface area contributed by atoms with Crippen molar-refractivity contribution >= 4 is 11.0 Å². The maximum Gasteiger partial charge on any atom is 0.147 e. The van der Waals surface area contributed by atoms with Crippen LogP contribution in [0, 0.1) is 13.8 Å². The van der Waals surface area contributed by atoms with E-state index in [1.54, 1.807) is 0 Å². The fourth-order valence-electron chi connectivity index (χ4n) is 3.58. The van der Waals surface area contributed by atoms with Crippen LogP contribution in [0.3, 0.4) is 0 Å². The van der Waals surface area contributed by atoms with E-state index < -0.39 is 0 Å². The van der Waals surface area contributed by atoms with Gasteiger partial charge in [-0.2, -0.15) is 0 Å². The summed E-state index contributed by atoms with van der Waals surface area (Å²) < 4.78 is 8.46. The number of hydrogen-bond acceptors (Lipinski definition) is 2. The molecule has 0 spiro atoms. The molecule has 4 rings (SSSR count). The Balaban J connectivity index is 1.53. The lowest BCUT2D eigenvalue weighted by Gasteiger charge is -2.12. The Bertz CT molecular complexity index is 1070. The van der Waals surface area contributed by atoms with E-state index in [4.69, 9.17) is 9.72 Å². The molecule has 142 valence electrons. The van der Waals surface area contributed by atoms with Crippen molar-refractivity contribution in [2.24, 2.45) is 0 Å². The number of rotatable bonds is 7. The van der Waals surface area contributed by atoms with Gasteiger partial charge in [0, 0.05) is 6.54 Å². The molecule has 0 aliphatic heterocycles. The van der Waals surface area contributed by atoms with E-state index in [1.165, 1.54) is 16.6 Å². The number of aromatic nitrogens is 2. The third-order valence-corrected chi connectivity index (χ3v) is 5.12. The molecule has 0 fully saturated rings. The topological polar surface area (TPSA) is 27.1 Å². The minimum atomic E-state index is 0.476. The van der Waals surface area contributed by atoms with Crippen LogP contribution in [0.15, 0.2) is 72.8 Å². The fourth-order valence-corrected chi connectivity index (χ4v) is 3.58. The molecule has 1 heterocycles. The Morgan fingerprint density at radius 1 is 0.893 bits per heavy atom. The molecule has 0 unspecified atom stereocenters. The highest BCUT2D eigenvalue weighted by atomic mass is 16.5. The van der Waals surface area contributed by atoms with Gasteiger partial charge in [0.25, 0.3) is 0 Å². The van der Waals surface area contributed by atoms with Crippen molar-refractivity contribution in [1.82, 2.24) is 9.55 Å². The normalized spacial score (nSPS) is 11.1. The van der Waals surface area contributed by atoms with Crippen LogP contribution in [0.2, 0.25) is 0 Å². The van der Waals surface area contributed by atoms with Crippen LogP contribution in [0.5, 0.6) is 5.75 Å². The number of fused-ring (bicyclic) bond motifs is 1. The van der Waals surface area contributed by atoms with Crippen LogP contribution in [0.1, 0.15) is 28.9 Å². The van der Waals surface area contributed by atoms with Crippen molar-refractivity contribution in [2.75, 3.05) is 0 Å². The maximum atomic E-state index is 6.16. The zero-order valence-corrected chi connectivity index (χ0v) is 16.6. The van der Waals surface area contributed by atoms with E-state index in [0.29, 0.717) is 6.61 Å². The highest BCUT2D eigenvalue weighted by Gasteiger charge is 2.12. The molecule has 0 saturated carbocycles. The van der Waals surface area contributed by atoms with Gasteiger partial charge in [-0.3, -0.25) is 0 Å². The summed E-state index contributed by atoms with van der Waals surface area (Å²) in [6.07, 6.45) is 2.13. The summed E-state index contributed by atoms with van der Waals surface area (Å²) >= 11 is 0. The molecule has 3 aromatic carbocycles. The molecule has 1 aromatic heterocycles. The Morgan fingerprint density at radius 3 is 2.54 bits per heavy atom. The number of para-hydroxylation sites is 2. The van der Waals surface area contributed by atoms with Crippen molar-refractivity contribution in [2.45, 2.75) is 39.8 Å². The van der Waals surface area contributed by atoms with Gasteiger partial charge in [-0.15, -0.1) is 0 Å². The van der Waals surface area contributed by atoms with Crippen molar-refractivity contribution in [3.8, 4) is 5.75 Å². The maximum absolute atomic E-state index is 6.16. The van der Waals surface area contributed by atoms with Gasteiger partial charge in [-0.1, -0.05) is 54.6 Å². The number of aryl methyl sites for hydroxylation is 4. The lowest BCUT2D eigenvalue weighted by Crippen LogP contribution is -2.08. The summed E-state index contributed by atoms with van der Waals surface area (Å²) in [4.78, 5) is 4.84. The number of benzene rings is 3. The molecule has 0 atom stereocenters. The molecule has 0 aliphatic rings. The van der Waals surface area contributed by atoms with E-state index in [9.17, 15) is 0 Å². The zero-order valence-electron chi connectivity index (χ0n) is 16.6. The first-order valence-corrected chi connectivity index (χ1v) is 9.89. The highest BCUT2D eigenvalue weighted by Crippen LogP contribution is 2.22. The average molecular weight is 370 g/mol. The first-order valence-electron chi connectivity index (χ1n) is 9.89. The molecule has 0 saturated heterocycles. The predicted molar refractivity (Wildman–Crippen MR) is 115 cm³/mol. The molecule has 28 heavy (non-hydrogen) atoms. The molecule has 3 nitrogen and oxygen atoms in total. The van der Waals surface area contributed by atoms with Crippen molar-refractivity contribution in [3.05, 3.63) is 95.3 Å². The van der Waals surface area contributed by atoms with Crippen LogP contribution >= 0.6 is 0 Å². The van der Waals surface area contributed by atoms with Gasteiger partial charge in [-0.25, -0.2) is 4.98 Å². The molecular weight excluding hydrogens is 344 g/mol. The Labute approximate surface area is 166 Å². The molecule has 0 aliphatic carbocycles. The summed E-state index contributed by atoms with van der Waals surface area (Å²) in [6, 6.07) is 25.3. The SMILES string of the molecule is Cc1ccc(C)c(OCc2nc3ccccc3n2CCCc2ccccc2)c1. The summed E-state index contributed by atoms with van der Waals surface area (Å²) in [5.74, 6) is 1.91. The second-order valence-electron chi connectivity index (χ2n) is 7.32. The number of hydrogen-bond donors (Lipinski definition) is 0. The van der Waals surface area contributed by atoms with Gasteiger partial charge in [0.15, 0.2) is 0 Å². The zero-order chi connectivity index (χ0) is 19.3. The number of nitrogens with zero attached hydrogens (tertiary/aromatic N) is 2. The summed E-state index contributed by atoms with van der Waals surface area (Å²) in [6.45, 7) is 5.58. The Morgan fingerprint density at radius 2 is 1.68 bits per heavy atom. The Kier molecular flexibility index (Phi) is 5.43. The van der Waals surface area contributed by atoms with Gasteiger partial charge in [0.2, 0.25) is 0 Å². The van der Waals surface area contributed by atoms with E-state index in [-0.39, 0.29) is 0 Å². The van der Waals surface area contributed by atoms with E-state index in [0.717, 1.165) is 42.0 Å². The smallest absolute Gasteiger partial charge is 0.147 e. The standard InChI is InChI=1S/C25H26N2O/c1-19-14-15-20(2)24(17-19)28-18-25-26-22-12-6-7-13-23(22)27(25)16-8-11-21-9-4-3-5-10-21/h3-7,9-10,12-15,17H,8,11,16,18H2,1-2H3. The van der Waals surface area contributed by atoms with Crippen LogP contribution in [0.25, 0.3) is 11.0 Å². The van der Waals surface area contributed by atoms with Crippen LogP contribution in [-0.2, 0) is 19.6 Å². The van der Waals surface area contributed by atoms with Crippen molar-refractivity contribution < 1.29 is 4.74 Å². The quantitative estimate of drug-likeness (QED) is 0.407. The van der Waals surface area contributed by atoms with E-state index in [1.807, 2.05) is 6.07 Å². The summed E-state index contributed by atoms with van der Waals surface area (Å²) in [5, 5.41) is 0. The van der Waals surface area contributed by atoms with Crippen LogP contribution in [0.4, 0.5) is 0 Å². The van der Waals surface area contributed by atoms with Gasteiger partial charge < -0.3 is 9.30 Å². The molecule has 0 amide bonds. The predicted octanol–water partition coefficient (Wildman–Crippen LogP) is 5.86. The molecule has 0 radical (unpaired) electrons. The lowest BCUT2D eigenvalue weighted by molar-refractivity contribution is 0.287. The first kappa shape index (κ1) is 18.3. The van der Waals surface area contributed by atoms with Gasteiger partial charge in [0.1, 0.15) is 18.2 Å². The van der Waals surface area contributed by atoms with Gasteiger partial charge in [0.05, 0.1) is 11.0 Å². The molecule has 0 bridgehead atoms. The molecule has 4 aromatic rings. The molecule has 3 heteroatoms. The van der Waals surface area contributed by atoms with E-state index in [2.05, 4.69) is 85.1 Å². The minimum Gasteiger partial charge on any atom is -0.485 e. The Hall–Kier alpha value is -3.07. The minimum absolute atomic E-state index is 0.476. The molecule has 0 N–H and O–H groups in total. The third kappa shape index (κ3) is 4.09. The molecular formula is C25H26N2O. The second-order valence-corrected chi connectivity index (χ2v) is 7.32. The largest absolute Gasteiger partial charge is 0.485 e. The monoisotopic (exact) mass is 370 g/mol. The first-order chi connectivity index (χ1) is 13.7. The average Bonchev–Trinajstić information content (AvgIpc) is 3.07. The van der Waals surface area contributed by atoms with E-state index >= 15 is 0 Å². The van der Waals surface area contributed by atoms with Crippen LogP contribution < -0.4 is 4.74 Å². The number of ether oxygens (including phenoxy) is 1. The summed E-state index contributed by atoms with van der Waals surface area (Å²) in [7, 11) is 0. The summed E-state index contributed by atoms with van der Waals surface area (Å²) in [5.41, 5.74) is 5.94. The second kappa shape index (κ2) is 8.30. The van der Waals surface area contributed by atoms with Gasteiger partial charge >= 0.3 is 0 Å².